The molecule has 0 heterocycles. The SMILES string of the molecule is CCC(OC(=S)[S][Pb][S]C(=S)OC(CC)C(C)(C)C)C(C)(C)C. The molecule has 23 heavy (non-hydrogen) atoms. The summed E-state index contributed by atoms with van der Waals surface area (Å²) in [5, 5.41) is 0. The molecule has 0 aromatic carbocycles. The Balaban J connectivity index is 4.20. The summed E-state index contributed by atoms with van der Waals surface area (Å²) in [6.07, 6.45) is 2.28. The van der Waals surface area contributed by atoms with Crippen LogP contribution in [0.15, 0.2) is 0 Å². The van der Waals surface area contributed by atoms with Crippen LogP contribution in [-0.2, 0) is 9.47 Å². The molecule has 2 nitrogen and oxygen atoms in total. The molecular weight excluding hydrogens is 560 g/mol. The van der Waals surface area contributed by atoms with E-state index in [1.807, 2.05) is 0 Å². The molecule has 0 aliphatic rings. The van der Waals surface area contributed by atoms with Crippen molar-refractivity contribution in [2.45, 2.75) is 80.4 Å². The van der Waals surface area contributed by atoms with Crippen molar-refractivity contribution in [2.75, 3.05) is 0 Å². The Bertz CT molecular complexity index is 353. The zero-order valence-electron chi connectivity index (χ0n) is 15.5. The molecular formula is C16H30O2PbS4. The third-order valence-corrected chi connectivity index (χ3v) is 18.9. The molecule has 0 aromatic rings. The van der Waals surface area contributed by atoms with E-state index in [4.69, 9.17) is 33.9 Å². The molecule has 2 unspecified atom stereocenters. The van der Waals surface area contributed by atoms with E-state index in [-0.39, 0.29) is 23.0 Å². The van der Waals surface area contributed by atoms with Crippen LogP contribution < -0.4 is 0 Å². The first-order chi connectivity index (χ1) is 10.4. The van der Waals surface area contributed by atoms with E-state index in [2.05, 4.69) is 55.4 Å². The second-order valence-electron chi connectivity index (χ2n) is 7.55. The first-order valence-electron chi connectivity index (χ1n) is 7.91. The Morgan fingerprint density at radius 1 is 0.826 bits per heavy atom. The van der Waals surface area contributed by atoms with Gasteiger partial charge >= 0.3 is 172 Å². The minimum atomic E-state index is -1.09. The van der Waals surface area contributed by atoms with Gasteiger partial charge < -0.3 is 0 Å². The predicted molar refractivity (Wildman–Crippen MR) is 115 cm³/mol. The molecule has 0 amide bonds. The second kappa shape index (κ2) is 11.2. The van der Waals surface area contributed by atoms with Gasteiger partial charge in [-0.3, -0.25) is 0 Å². The van der Waals surface area contributed by atoms with E-state index in [9.17, 15) is 0 Å². The maximum absolute atomic E-state index is 5.95. The van der Waals surface area contributed by atoms with Crippen LogP contribution in [0.2, 0.25) is 0 Å². The number of ether oxygens (including phenoxy) is 2. The van der Waals surface area contributed by atoms with Gasteiger partial charge in [0, 0.05) is 0 Å². The Labute approximate surface area is 170 Å². The van der Waals surface area contributed by atoms with Crippen LogP contribution in [0.3, 0.4) is 0 Å². The third-order valence-electron chi connectivity index (χ3n) is 3.40. The summed E-state index contributed by atoms with van der Waals surface area (Å²) in [5.41, 5.74) is 0.222. The average Bonchev–Trinajstić information content (AvgIpc) is 2.39. The van der Waals surface area contributed by atoms with Crippen LogP contribution in [0.25, 0.3) is 0 Å². The van der Waals surface area contributed by atoms with Crippen molar-refractivity contribution in [3.8, 4) is 0 Å². The van der Waals surface area contributed by atoms with Gasteiger partial charge in [0.25, 0.3) is 0 Å². The fourth-order valence-electron chi connectivity index (χ4n) is 2.11. The zero-order chi connectivity index (χ0) is 18.3. The van der Waals surface area contributed by atoms with E-state index < -0.39 is 21.2 Å². The molecule has 2 atom stereocenters. The minimum absolute atomic E-state index is 0.111. The zero-order valence-corrected chi connectivity index (χ0v) is 22.7. The van der Waals surface area contributed by atoms with Gasteiger partial charge in [0.05, 0.1) is 0 Å². The quantitative estimate of drug-likeness (QED) is 0.268. The van der Waals surface area contributed by atoms with Crippen molar-refractivity contribution >= 4 is 71.1 Å². The summed E-state index contributed by atoms with van der Waals surface area (Å²) in [6, 6.07) is 0. The number of rotatable bonds is 6. The fourth-order valence-corrected chi connectivity index (χ4v) is 16.1. The first kappa shape index (κ1) is 24.4. The molecule has 7 heteroatoms. The van der Waals surface area contributed by atoms with Crippen molar-refractivity contribution in [1.29, 1.82) is 0 Å². The number of hydrogen-bond acceptors (Lipinski definition) is 6. The molecule has 0 aliphatic heterocycles. The van der Waals surface area contributed by atoms with Gasteiger partial charge in [0.15, 0.2) is 0 Å². The first-order valence-corrected chi connectivity index (χ1v) is 19.9. The topological polar surface area (TPSA) is 18.5 Å². The monoisotopic (exact) mass is 590 g/mol. The molecule has 0 aromatic heterocycles. The summed E-state index contributed by atoms with van der Waals surface area (Å²) in [6.45, 7) is 17.4. The van der Waals surface area contributed by atoms with Crippen LogP contribution in [-0.4, -0.2) is 42.2 Å². The molecule has 0 spiro atoms. The van der Waals surface area contributed by atoms with Gasteiger partial charge in [-0.15, -0.1) is 0 Å². The summed E-state index contributed by atoms with van der Waals surface area (Å²) in [4.78, 5) is 0. The van der Waals surface area contributed by atoms with Gasteiger partial charge in [-0.1, -0.05) is 0 Å². The predicted octanol–water partition coefficient (Wildman–Crippen LogP) is 6.24. The molecule has 0 N–H and O–H groups in total. The fraction of sp³-hybridized carbons (Fsp3) is 0.875. The Morgan fingerprint density at radius 3 is 1.35 bits per heavy atom. The third kappa shape index (κ3) is 10.9. The van der Waals surface area contributed by atoms with Crippen LogP contribution in [0.1, 0.15) is 68.2 Å². The summed E-state index contributed by atoms with van der Waals surface area (Å²) in [5.74, 6) is 0. The summed E-state index contributed by atoms with van der Waals surface area (Å²) in [7, 11) is 3.41. The van der Waals surface area contributed by atoms with Crippen LogP contribution >= 0.6 is 41.1 Å². The van der Waals surface area contributed by atoms with Crippen molar-refractivity contribution in [3.63, 3.8) is 0 Å². The summed E-state index contributed by atoms with van der Waals surface area (Å²) >= 11 is 9.67. The molecule has 0 fully saturated rings. The van der Waals surface area contributed by atoms with Crippen LogP contribution in [0.4, 0.5) is 0 Å². The van der Waals surface area contributed by atoms with Crippen molar-refractivity contribution in [2.24, 2.45) is 10.8 Å². The molecule has 2 radical (unpaired) electrons. The van der Waals surface area contributed by atoms with Gasteiger partial charge in [-0.05, 0) is 0 Å². The number of thiocarbonyl (C=S) groups is 2. The van der Waals surface area contributed by atoms with E-state index >= 15 is 0 Å². The Morgan fingerprint density at radius 2 is 1.13 bits per heavy atom. The Hall–Kier alpha value is 1.40. The summed E-state index contributed by atoms with van der Waals surface area (Å²) < 4.78 is 13.2. The standard InChI is InChI=1S/2C8H16OS2.Pb/c2*1-5-6(8(2,3)4)9-7(10)11;/h2*6H,5H2,1-4H3,(H,10,11);/q;;+2/p-2. The van der Waals surface area contributed by atoms with Gasteiger partial charge in [0.1, 0.15) is 0 Å². The maximum atomic E-state index is 5.95. The number of hydrogen-bond donors (Lipinski definition) is 0. The van der Waals surface area contributed by atoms with E-state index in [0.717, 1.165) is 12.8 Å². The molecule has 0 saturated heterocycles. The van der Waals surface area contributed by atoms with E-state index in [0.29, 0.717) is 8.77 Å². The van der Waals surface area contributed by atoms with Gasteiger partial charge in [0.2, 0.25) is 0 Å². The van der Waals surface area contributed by atoms with E-state index in [1.165, 1.54) is 0 Å². The van der Waals surface area contributed by atoms with Crippen molar-refractivity contribution in [1.82, 2.24) is 0 Å². The normalized spacial score (nSPS) is 15.0. The van der Waals surface area contributed by atoms with Gasteiger partial charge in [-0.25, -0.2) is 0 Å². The average molecular weight is 590 g/mol. The molecule has 0 saturated carbocycles. The van der Waals surface area contributed by atoms with Crippen molar-refractivity contribution < 1.29 is 9.47 Å². The van der Waals surface area contributed by atoms with Crippen LogP contribution in [0, 0.1) is 10.8 Å². The molecule has 0 bridgehead atoms. The Kier molecular flexibility index (Phi) is 11.9. The van der Waals surface area contributed by atoms with Crippen molar-refractivity contribution in [3.05, 3.63) is 0 Å². The van der Waals surface area contributed by atoms with E-state index in [1.54, 1.807) is 16.6 Å². The second-order valence-corrected chi connectivity index (χ2v) is 21.2. The van der Waals surface area contributed by atoms with Crippen LogP contribution in [0.5, 0.6) is 0 Å². The van der Waals surface area contributed by atoms with Gasteiger partial charge in [-0.2, -0.15) is 0 Å². The molecule has 0 rings (SSSR count). The molecule has 0 aliphatic carbocycles. The molecule has 134 valence electrons.